The standard InChI is InChI=1S/C17H23F2N5O3S2/c1-11-15(9-21-24(11)17(18)19)29(26,27)23-7-4-13(5-8-23)16(25)20-6-3-14-10-28-12(2)22-14/h9-10,13,17H,3-8H2,1-2H3,(H,20,25). The normalized spacial score (nSPS) is 16.4. The zero-order chi connectivity index (χ0) is 21.2. The Hall–Kier alpha value is -1.92. The number of alkyl halides is 2. The molecular formula is C17H23F2N5O3S2. The number of nitrogens with one attached hydrogen (secondary N) is 1. The van der Waals surface area contributed by atoms with Crippen LogP contribution in [0.3, 0.4) is 0 Å². The Morgan fingerprint density at radius 2 is 2.03 bits per heavy atom. The van der Waals surface area contributed by atoms with Crippen molar-refractivity contribution in [1.82, 2.24) is 24.4 Å². The van der Waals surface area contributed by atoms with E-state index >= 15 is 0 Å². The molecule has 0 aliphatic carbocycles. The Morgan fingerprint density at radius 1 is 1.34 bits per heavy atom. The molecule has 3 heterocycles. The van der Waals surface area contributed by atoms with Crippen LogP contribution >= 0.6 is 11.3 Å². The second-order valence-electron chi connectivity index (χ2n) is 6.89. The maximum absolute atomic E-state index is 12.9. The average molecular weight is 448 g/mol. The molecule has 0 spiro atoms. The van der Waals surface area contributed by atoms with Crippen molar-refractivity contribution in [1.29, 1.82) is 0 Å². The minimum Gasteiger partial charge on any atom is -0.355 e. The van der Waals surface area contributed by atoms with Gasteiger partial charge in [0.1, 0.15) is 4.90 Å². The van der Waals surface area contributed by atoms with E-state index in [9.17, 15) is 22.0 Å². The number of amides is 1. The van der Waals surface area contributed by atoms with Gasteiger partial charge in [-0.3, -0.25) is 4.79 Å². The molecule has 160 valence electrons. The number of sulfonamides is 1. The lowest BCUT2D eigenvalue weighted by molar-refractivity contribution is -0.126. The van der Waals surface area contributed by atoms with E-state index in [1.165, 1.54) is 11.2 Å². The molecule has 1 saturated heterocycles. The van der Waals surface area contributed by atoms with Gasteiger partial charge in [0.25, 0.3) is 0 Å². The van der Waals surface area contributed by atoms with Crippen molar-refractivity contribution < 1.29 is 22.0 Å². The first-order valence-corrected chi connectivity index (χ1v) is 11.5. The van der Waals surface area contributed by atoms with Crippen LogP contribution in [0.1, 0.15) is 35.8 Å². The largest absolute Gasteiger partial charge is 0.355 e. The van der Waals surface area contributed by atoms with E-state index in [1.54, 1.807) is 11.3 Å². The van der Waals surface area contributed by atoms with Crippen LogP contribution in [-0.2, 0) is 21.2 Å². The van der Waals surface area contributed by atoms with Crippen LogP contribution < -0.4 is 5.32 Å². The van der Waals surface area contributed by atoms with E-state index in [0.717, 1.165) is 16.9 Å². The summed E-state index contributed by atoms with van der Waals surface area (Å²) in [5.74, 6) is -0.376. The first-order chi connectivity index (χ1) is 13.7. The summed E-state index contributed by atoms with van der Waals surface area (Å²) >= 11 is 1.56. The molecule has 8 nitrogen and oxygen atoms in total. The molecule has 2 aromatic rings. The van der Waals surface area contributed by atoms with Gasteiger partial charge in [-0.15, -0.1) is 11.3 Å². The maximum Gasteiger partial charge on any atom is 0.333 e. The van der Waals surface area contributed by atoms with Crippen molar-refractivity contribution >= 4 is 27.3 Å². The number of thiazole rings is 1. The lowest BCUT2D eigenvalue weighted by Gasteiger charge is -2.30. The predicted molar refractivity (Wildman–Crippen MR) is 103 cm³/mol. The van der Waals surface area contributed by atoms with Gasteiger partial charge in [-0.1, -0.05) is 0 Å². The number of rotatable bonds is 7. The molecule has 0 bridgehead atoms. The topological polar surface area (TPSA) is 97.2 Å². The van der Waals surface area contributed by atoms with Gasteiger partial charge in [0.05, 0.1) is 22.6 Å². The summed E-state index contributed by atoms with van der Waals surface area (Å²) in [6.07, 6.45) is 2.36. The highest BCUT2D eigenvalue weighted by atomic mass is 32.2. The molecule has 3 rings (SSSR count). The zero-order valence-electron chi connectivity index (χ0n) is 16.1. The Kier molecular flexibility index (Phi) is 6.64. The summed E-state index contributed by atoms with van der Waals surface area (Å²) in [6.45, 7) is 1.12. The average Bonchev–Trinajstić information content (AvgIpc) is 3.27. The summed E-state index contributed by atoms with van der Waals surface area (Å²) < 4.78 is 52.9. The summed E-state index contributed by atoms with van der Waals surface area (Å²) in [5.41, 5.74) is 0.838. The number of aromatic nitrogens is 3. The lowest BCUT2D eigenvalue weighted by atomic mass is 9.97. The van der Waals surface area contributed by atoms with Crippen molar-refractivity contribution in [3.63, 3.8) is 0 Å². The molecule has 1 aliphatic rings. The predicted octanol–water partition coefficient (Wildman–Crippen LogP) is 2.11. The van der Waals surface area contributed by atoms with Gasteiger partial charge >= 0.3 is 6.55 Å². The molecule has 12 heteroatoms. The highest BCUT2D eigenvalue weighted by Gasteiger charge is 2.34. The molecule has 1 amide bonds. The second kappa shape index (κ2) is 8.84. The number of nitrogens with zero attached hydrogens (tertiary/aromatic N) is 4. The molecule has 0 unspecified atom stereocenters. The first kappa shape index (κ1) is 21.8. The van der Waals surface area contributed by atoms with Gasteiger partial charge in [0.15, 0.2) is 0 Å². The molecule has 1 N–H and O–H groups in total. The van der Waals surface area contributed by atoms with Gasteiger partial charge in [0, 0.05) is 37.4 Å². The Morgan fingerprint density at radius 3 is 2.59 bits per heavy atom. The van der Waals surface area contributed by atoms with E-state index < -0.39 is 16.6 Å². The molecule has 0 saturated carbocycles. The number of aryl methyl sites for hydroxylation is 1. The van der Waals surface area contributed by atoms with Gasteiger partial charge in [-0.05, 0) is 26.7 Å². The summed E-state index contributed by atoms with van der Waals surface area (Å²) in [6, 6.07) is 0. The van der Waals surface area contributed by atoms with Crippen LogP contribution in [0.2, 0.25) is 0 Å². The Labute approximate surface area is 172 Å². The minimum absolute atomic E-state index is 0.0999. The fraction of sp³-hybridized carbons (Fsp3) is 0.588. The number of halogens is 2. The Balaban J connectivity index is 1.53. The second-order valence-corrected chi connectivity index (χ2v) is 9.86. The van der Waals surface area contributed by atoms with Gasteiger partial charge < -0.3 is 5.32 Å². The SMILES string of the molecule is Cc1nc(CCNC(=O)C2CCN(S(=O)(=O)c3cnn(C(F)F)c3C)CC2)cs1. The smallest absolute Gasteiger partial charge is 0.333 e. The van der Waals surface area contributed by atoms with E-state index in [2.05, 4.69) is 15.4 Å². The van der Waals surface area contributed by atoms with Crippen molar-refractivity contribution in [2.75, 3.05) is 19.6 Å². The third-order valence-electron chi connectivity index (χ3n) is 4.97. The maximum atomic E-state index is 12.9. The third kappa shape index (κ3) is 4.81. The number of carbonyl (C=O) groups excluding carboxylic acids is 1. The highest BCUT2D eigenvalue weighted by Crippen LogP contribution is 2.27. The zero-order valence-corrected chi connectivity index (χ0v) is 17.8. The van der Waals surface area contributed by atoms with Gasteiger partial charge in [-0.25, -0.2) is 18.1 Å². The number of piperidine rings is 1. The minimum atomic E-state index is -3.93. The molecular weight excluding hydrogens is 424 g/mol. The molecule has 0 aromatic carbocycles. The molecule has 1 fully saturated rings. The molecule has 29 heavy (non-hydrogen) atoms. The van der Waals surface area contributed by atoms with Crippen LogP contribution in [-0.4, -0.2) is 53.0 Å². The highest BCUT2D eigenvalue weighted by molar-refractivity contribution is 7.89. The van der Waals surface area contributed by atoms with Crippen molar-refractivity contribution in [2.24, 2.45) is 5.92 Å². The monoisotopic (exact) mass is 447 g/mol. The lowest BCUT2D eigenvalue weighted by Crippen LogP contribution is -2.43. The molecule has 2 aromatic heterocycles. The number of hydrogen-bond donors (Lipinski definition) is 1. The number of hydrogen-bond acceptors (Lipinski definition) is 6. The van der Waals surface area contributed by atoms with Crippen LogP contribution in [0.25, 0.3) is 0 Å². The van der Waals surface area contributed by atoms with Gasteiger partial charge in [-0.2, -0.15) is 18.2 Å². The van der Waals surface area contributed by atoms with Crippen molar-refractivity contribution in [2.45, 2.75) is 44.6 Å². The Bertz CT molecular complexity index is 966. The molecule has 0 radical (unpaired) electrons. The summed E-state index contributed by atoms with van der Waals surface area (Å²) in [5, 5.41) is 9.30. The summed E-state index contributed by atoms with van der Waals surface area (Å²) in [7, 11) is -3.93. The van der Waals surface area contributed by atoms with E-state index in [0.29, 0.717) is 30.5 Å². The van der Waals surface area contributed by atoms with Crippen LogP contribution in [0.4, 0.5) is 8.78 Å². The van der Waals surface area contributed by atoms with E-state index in [1.807, 2.05) is 12.3 Å². The van der Waals surface area contributed by atoms with Crippen molar-refractivity contribution in [3.8, 4) is 0 Å². The van der Waals surface area contributed by atoms with Crippen LogP contribution in [0.15, 0.2) is 16.5 Å². The van der Waals surface area contributed by atoms with Gasteiger partial charge in [0.2, 0.25) is 15.9 Å². The molecule has 1 aliphatic heterocycles. The fourth-order valence-electron chi connectivity index (χ4n) is 3.34. The summed E-state index contributed by atoms with van der Waals surface area (Å²) in [4.78, 5) is 16.5. The van der Waals surface area contributed by atoms with E-state index in [-0.39, 0.29) is 35.5 Å². The quantitative estimate of drug-likeness (QED) is 0.701. The molecule has 0 atom stereocenters. The van der Waals surface area contributed by atoms with E-state index in [4.69, 9.17) is 0 Å². The first-order valence-electron chi connectivity index (χ1n) is 9.21. The number of carbonyl (C=O) groups is 1. The van der Waals surface area contributed by atoms with Crippen LogP contribution in [0.5, 0.6) is 0 Å². The van der Waals surface area contributed by atoms with Crippen LogP contribution in [0, 0.1) is 19.8 Å². The van der Waals surface area contributed by atoms with Crippen molar-refractivity contribution in [3.05, 3.63) is 28.0 Å². The fourth-order valence-corrected chi connectivity index (χ4v) is 5.60. The third-order valence-corrected chi connectivity index (χ3v) is 7.80.